The van der Waals surface area contributed by atoms with Crippen LogP contribution in [0.5, 0.6) is 11.5 Å². The average molecular weight is 351 g/mol. The highest BCUT2D eigenvalue weighted by molar-refractivity contribution is 5.89. The van der Waals surface area contributed by atoms with Crippen molar-refractivity contribution >= 4 is 11.0 Å². The highest BCUT2D eigenvalue weighted by Crippen LogP contribution is 2.34. The molecule has 1 aromatic heterocycles. The number of ether oxygens (including phenoxy) is 1. The minimum Gasteiger partial charge on any atom is -0.872 e. The molecule has 4 rings (SSSR count). The van der Waals surface area contributed by atoms with E-state index in [0.29, 0.717) is 28.8 Å². The Morgan fingerprint density at radius 2 is 1.88 bits per heavy atom. The molecule has 1 aliphatic rings. The Kier molecular flexibility index (Phi) is 4.39. The monoisotopic (exact) mass is 351 g/mol. The lowest BCUT2D eigenvalue weighted by Crippen LogP contribution is -3.08. The number of fused-ring (bicyclic) bond motifs is 1. The van der Waals surface area contributed by atoms with Gasteiger partial charge in [0.15, 0.2) is 11.0 Å². The quantitative estimate of drug-likeness (QED) is 0.777. The third-order valence-electron chi connectivity index (χ3n) is 5.04. The van der Waals surface area contributed by atoms with Gasteiger partial charge in [0.2, 0.25) is 0 Å². The van der Waals surface area contributed by atoms with E-state index in [1.165, 1.54) is 24.1 Å². The molecule has 26 heavy (non-hydrogen) atoms. The van der Waals surface area contributed by atoms with E-state index in [1.807, 2.05) is 30.3 Å². The van der Waals surface area contributed by atoms with Crippen LogP contribution in [-0.2, 0) is 6.54 Å². The molecule has 0 saturated carbocycles. The van der Waals surface area contributed by atoms with Crippen LogP contribution >= 0.6 is 0 Å². The van der Waals surface area contributed by atoms with Crippen molar-refractivity contribution in [3.8, 4) is 22.8 Å². The van der Waals surface area contributed by atoms with Gasteiger partial charge in [-0.25, -0.2) is 0 Å². The van der Waals surface area contributed by atoms with E-state index in [4.69, 9.17) is 9.15 Å². The van der Waals surface area contributed by atoms with Gasteiger partial charge in [0.25, 0.3) is 0 Å². The summed E-state index contributed by atoms with van der Waals surface area (Å²) < 4.78 is 11.4. The van der Waals surface area contributed by atoms with Crippen molar-refractivity contribution in [2.24, 2.45) is 0 Å². The molecule has 1 fully saturated rings. The fourth-order valence-corrected chi connectivity index (χ4v) is 3.70. The first-order valence-corrected chi connectivity index (χ1v) is 8.91. The number of nitrogens with one attached hydrogen (secondary N) is 1. The summed E-state index contributed by atoms with van der Waals surface area (Å²) in [7, 11) is 1.46. The number of likely N-dealkylation sites (tertiary alicyclic amines) is 1. The number of rotatable bonds is 4. The fraction of sp³-hybridized carbons (Fsp3) is 0.286. The second kappa shape index (κ2) is 6.84. The Labute approximate surface area is 151 Å². The molecule has 3 aromatic rings. The first-order chi connectivity index (χ1) is 12.7. The van der Waals surface area contributed by atoms with Crippen molar-refractivity contribution in [1.29, 1.82) is 0 Å². The molecule has 5 heteroatoms. The Bertz CT molecular complexity index is 988. The molecule has 0 amide bonds. The molecular formula is C21H21NO4. The maximum Gasteiger partial charge on any atom is 0.197 e. The van der Waals surface area contributed by atoms with Gasteiger partial charge >= 0.3 is 0 Å². The van der Waals surface area contributed by atoms with E-state index < -0.39 is 0 Å². The minimum absolute atomic E-state index is 0.137. The van der Waals surface area contributed by atoms with Crippen LogP contribution in [-0.4, -0.2) is 20.2 Å². The van der Waals surface area contributed by atoms with Gasteiger partial charge in [0, 0.05) is 30.0 Å². The molecule has 0 aliphatic carbocycles. The molecule has 1 saturated heterocycles. The van der Waals surface area contributed by atoms with Crippen LogP contribution in [0.4, 0.5) is 0 Å². The van der Waals surface area contributed by atoms with Crippen molar-refractivity contribution in [3.63, 3.8) is 0 Å². The predicted molar refractivity (Wildman–Crippen MR) is 97.6 cm³/mol. The minimum atomic E-state index is -0.195. The summed E-state index contributed by atoms with van der Waals surface area (Å²) in [5.74, 6) is 0.606. The van der Waals surface area contributed by atoms with Gasteiger partial charge in [0.1, 0.15) is 23.4 Å². The summed E-state index contributed by atoms with van der Waals surface area (Å²) in [6.45, 7) is 2.64. The van der Waals surface area contributed by atoms with E-state index in [2.05, 4.69) is 0 Å². The number of hydrogen-bond acceptors (Lipinski definition) is 4. The Morgan fingerprint density at radius 3 is 2.58 bits per heavy atom. The zero-order valence-corrected chi connectivity index (χ0v) is 14.7. The molecule has 0 unspecified atom stereocenters. The van der Waals surface area contributed by atoms with Gasteiger partial charge in [-0.15, -0.1) is 0 Å². The van der Waals surface area contributed by atoms with E-state index in [9.17, 15) is 9.90 Å². The van der Waals surface area contributed by atoms with Crippen LogP contribution < -0.4 is 20.2 Å². The summed E-state index contributed by atoms with van der Waals surface area (Å²) in [6.07, 6.45) is 2.33. The van der Waals surface area contributed by atoms with Crippen LogP contribution in [0.15, 0.2) is 51.7 Å². The smallest absolute Gasteiger partial charge is 0.197 e. The average Bonchev–Trinajstić information content (AvgIpc) is 3.17. The summed E-state index contributed by atoms with van der Waals surface area (Å²) in [6, 6.07) is 12.3. The van der Waals surface area contributed by atoms with E-state index in [-0.39, 0.29) is 16.9 Å². The van der Waals surface area contributed by atoms with Gasteiger partial charge in [-0.05, 0) is 6.07 Å². The maximum absolute atomic E-state index is 12.8. The lowest BCUT2D eigenvalue weighted by molar-refractivity contribution is -0.901. The van der Waals surface area contributed by atoms with Gasteiger partial charge in [-0.2, -0.15) is 0 Å². The van der Waals surface area contributed by atoms with Crippen LogP contribution in [0.1, 0.15) is 18.4 Å². The number of benzene rings is 2. The second-order valence-electron chi connectivity index (χ2n) is 6.73. The normalized spacial score (nSPS) is 14.8. The standard InChI is InChI=1S/C21H21NO4/c1-25-19-11-16(23)15(13-22-9-5-6-10-22)21-20(19)17(24)12-18(26-21)14-7-3-2-4-8-14/h2-4,7-8,11-12,23H,5-6,9-10,13H2,1H3. The molecule has 2 heterocycles. The van der Waals surface area contributed by atoms with Crippen molar-refractivity contribution in [1.82, 2.24) is 0 Å². The highest BCUT2D eigenvalue weighted by Gasteiger charge is 2.21. The number of quaternary nitrogens is 1. The highest BCUT2D eigenvalue weighted by atomic mass is 16.5. The number of hydrogen-bond donors (Lipinski definition) is 1. The maximum atomic E-state index is 12.8. The molecule has 5 nitrogen and oxygen atoms in total. The SMILES string of the molecule is COc1cc([O-])c(C[NH+]2CCCC2)c2oc(-c3ccccc3)cc(=O)c12. The summed E-state index contributed by atoms with van der Waals surface area (Å²) in [5.41, 5.74) is 1.54. The Balaban J connectivity index is 1.95. The molecule has 0 bridgehead atoms. The van der Waals surface area contributed by atoms with Gasteiger partial charge < -0.3 is 19.2 Å². The first kappa shape index (κ1) is 16.7. The molecule has 134 valence electrons. The Hall–Kier alpha value is -2.79. The topological polar surface area (TPSA) is 66.9 Å². The number of methoxy groups -OCH3 is 1. The molecular weight excluding hydrogens is 330 g/mol. The zero-order valence-electron chi connectivity index (χ0n) is 14.7. The van der Waals surface area contributed by atoms with Gasteiger partial charge in [0.05, 0.1) is 20.2 Å². The van der Waals surface area contributed by atoms with Crippen LogP contribution in [0.3, 0.4) is 0 Å². The molecule has 1 aliphatic heterocycles. The fourth-order valence-electron chi connectivity index (χ4n) is 3.70. The molecule has 2 aromatic carbocycles. The third-order valence-corrected chi connectivity index (χ3v) is 5.04. The van der Waals surface area contributed by atoms with Gasteiger partial charge in [-0.3, -0.25) is 4.79 Å². The predicted octanol–water partition coefficient (Wildman–Crippen LogP) is 1.72. The van der Waals surface area contributed by atoms with Crippen molar-refractivity contribution in [2.45, 2.75) is 19.4 Å². The first-order valence-electron chi connectivity index (χ1n) is 8.91. The van der Waals surface area contributed by atoms with E-state index in [0.717, 1.165) is 31.5 Å². The summed E-state index contributed by atoms with van der Waals surface area (Å²) >= 11 is 0. The summed E-state index contributed by atoms with van der Waals surface area (Å²) in [4.78, 5) is 14.2. The van der Waals surface area contributed by atoms with Crippen molar-refractivity contribution < 1.29 is 19.2 Å². The lowest BCUT2D eigenvalue weighted by atomic mass is 10.1. The van der Waals surface area contributed by atoms with Gasteiger partial charge in [-0.1, -0.05) is 36.1 Å². The van der Waals surface area contributed by atoms with E-state index >= 15 is 0 Å². The molecule has 1 N–H and O–H groups in total. The summed E-state index contributed by atoms with van der Waals surface area (Å²) in [5, 5.41) is 13.1. The zero-order chi connectivity index (χ0) is 18.1. The molecule has 0 atom stereocenters. The van der Waals surface area contributed by atoms with Crippen molar-refractivity contribution in [3.05, 3.63) is 58.3 Å². The van der Waals surface area contributed by atoms with Crippen LogP contribution in [0, 0.1) is 0 Å². The molecule has 0 spiro atoms. The van der Waals surface area contributed by atoms with Crippen LogP contribution in [0.2, 0.25) is 0 Å². The van der Waals surface area contributed by atoms with Crippen molar-refractivity contribution in [2.75, 3.05) is 20.2 Å². The van der Waals surface area contributed by atoms with E-state index in [1.54, 1.807) is 0 Å². The Morgan fingerprint density at radius 1 is 1.15 bits per heavy atom. The molecule has 0 radical (unpaired) electrons. The lowest BCUT2D eigenvalue weighted by Gasteiger charge is -2.20. The second-order valence-corrected chi connectivity index (χ2v) is 6.73. The third kappa shape index (κ3) is 2.95. The largest absolute Gasteiger partial charge is 0.872 e. The van der Waals surface area contributed by atoms with Crippen LogP contribution in [0.25, 0.3) is 22.3 Å².